The summed E-state index contributed by atoms with van der Waals surface area (Å²) in [5.74, 6) is 1.98. The third-order valence-corrected chi connectivity index (χ3v) is 15.9. The first-order chi connectivity index (χ1) is 35.8. The van der Waals surface area contributed by atoms with E-state index >= 15 is 0 Å². The minimum atomic E-state index is -0.739. The number of aliphatic imine (C=N–C) groups is 1. The number of carbonyl (C=O) groups is 3. The lowest BCUT2D eigenvalue weighted by Gasteiger charge is -2.47. The van der Waals surface area contributed by atoms with Crippen LogP contribution < -0.4 is 10.1 Å². The number of phenolic OH excluding ortho intramolecular Hbond substituents is 2. The van der Waals surface area contributed by atoms with E-state index in [0.29, 0.717) is 48.6 Å². The standard InChI is InChI=1S/C20H21NO3.C15H19NO3.C11H13NO.C9H16N2.C4H7BrO2.ClH/c22-19(23)11-21-13-20(14-21)9-16-6-7-18(8-17(16)10-20)24-12-15-4-2-1-3-5-15;1-2-19-14(18)8-16-9-15(10-16)6-11-3-4-13(17)5-12(11)7-15;13-10-2-1-8-4-11(6-12-7-11)5-9(8)3-10;1-2-5-9-10-6-4-8-11(9)7-3-1;1-2-7-4(6)3-5;/h1-8H,9-14H2,(H,22,23);3-5,17H,2,6-10H2,1H3;1-3,12-13H,4-7H2;1-8H2;2-3H2,1H3;1H. The van der Waals surface area contributed by atoms with Crippen molar-refractivity contribution in [3.63, 3.8) is 0 Å². The van der Waals surface area contributed by atoms with Crippen LogP contribution in [0.1, 0.15) is 84.9 Å². The zero-order valence-corrected chi connectivity index (χ0v) is 46.2. The maximum absolute atomic E-state index is 11.4. The molecule has 4 aromatic rings. The van der Waals surface area contributed by atoms with Crippen molar-refractivity contribution in [2.45, 2.75) is 91.1 Å². The van der Waals surface area contributed by atoms with Gasteiger partial charge in [0.2, 0.25) is 0 Å². The summed E-state index contributed by atoms with van der Waals surface area (Å²) in [7, 11) is 0. The van der Waals surface area contributed by atoms with Crippen molar-refractivity contribution in [2.24, 2.45) is 21.2 Å². The smallest absolute Gasteiger partial charge is 0.320 e. The molecule has 3 aliphatic carbocycles. The number of likely N-dealkylation sites (tertiary alicyclic amines) is 2. The van der Waals surface area contributed by atoms with Crippen LogP contribution in [-0.2, 0) is 69.0 Å². The Balaban J connectivity index is 0.000000144. The van der Waals surface area contributed by atoms with Crippen molar-refractivity contribution in [2.75, 3.05) is 90.5 Å². The summed E-state index contributed by atoms with van der Waals surface area (Å²) in [6, 6.07) is 28.0. The van der Waals surface area contributed by atoms with Gasteiger partial charge in [-0.25, -0.2) is 0 Å². The van der Waals surface area contributed by atoms with Crippen LogP contribution >= 0.6 is 28.3 Å². The second-order valence-corrected chi connectivity index (χ2v) is 22.2. The largest absolute Gasteiger partial charge is 0.508 e. The molecule has 4 saturated heterocycles. The lowest BCUT2D eigenvalue weighted by atomic mass is 9.77. The molecule has 4 N–H and O–H groups in total. The van der Waals surface area contributed by atoms with Crippen molar-refractivity contribution in [3.8, 4) is 17.2 Å². The number of halogens is 2. The molecule has 16 heteroatoms. The highest BCUT2D eigenvalue weighted by atomic mass is 79.9. The minimum Gasteiger partial charge on any atom is -0.508 e. The van der Waals surface area contributed by atoms with Gasteiger partial charge in [-0.15, -0.1) is 12.4 Å². The molecule has 75 heavy (non-hydrogen) atoms. The van der Waals surface area contributed by atoms with Crippen molar-refractivity contribution < 1.29 is 43.9 Å². The van der Waals surface area contributed by atoms with Gasteiger partial charge < -0.3 is 39.7 Å². The van der Waals surface area contributed by atoms with Crippen molar-refractivity contribution in [3.05, 3.63) is 124 Å². The molecular weight excluding hydrogens is 1040 g/mol. The van der Waals surface area contributed by atoms with Gasteiger partial charge in [-0.2, -0.15) is 0 Å². The molecule has 406 valence electrons. The molecule has 5 heterocycles. The normalized spacial score (nSPS) is 19.3. The van der Waals surface area contributed by atoms with Gasteiger partial charge in [-0.1, -0.05) is 70.9 Å². The first-order valence-electron chi connectivity index (χ1n) is 26.7. The molecule has 4 aromatic carbocycles. The Morgan fingerprint density at radius 2 is 1.17 bits per heavy atom. The molecule has 0 aromatic heterocycles. The monoisotopic (exact) mass is 1110 g/mol. The molecule has 8 aliphatic rings. The third-order valence-electron chi connectivity index (χ3n) is 15.4. The average Bonchev–Trinajstić information content (AvgIpc) is 4.00. The number of benzene rings is 4. The predicted octanol–water partition coefficient (Wildman–Crippen LogP) is 8.22. The van der Waals surface area contributed by atoms with Crippen LogP contribution in [0.3, 0.4) is 0 Å². The van der Waals surface area contributed by atoms with Crippen LogP contribution in [0.5, 0.6) is 17.2 Å². The fraction of sp³-hybridized carbons (Fsp3) is 0.525. The molecule has 0 unspecified atom stereocenters. The zero-order valence-electron chi connectivity index (χ0n) is 43.8. The molecule has 0 radical (unpaired) electrons. The number of hydrogen-bond donors (Lipinski definition) is 4. The number of carboxylic acid groups (broad SMARTS) is 1. The number of nitrogens with one attached hydrogen (secondary N) is 1. The molecule has 14 nitrogen and oxygen atoms in total. The quantitative estimate of drug-likeness (QED) is 0.0885. The van der Waals surface area contributed by atoms with Crippen LogP contribution in [0.15, 0.2) is 89.9 Å². The summed E-state index contributed by atoms with van der Waals surface area (Å²) in [5, 5.41) is 31.4. The number of phenols is 2. The number of fused-ring (bicyclic) bond motifs is 4. The highest BCUT2D eigenvalue weighted by molar-refractivity contribution is 9.09. The third kappa shape index (κ3) is 15.7. The van der Waals surface area contributed by atoms with E-state index in [9.17, 15) is 24.6 Å². The Morgan fingerprint density at radius 3 is 1.73 bits per heavy atom. The van der Waals surface area contributed by atoms with E-state index in [1.165, 1.54) is 90.8 Å². The number of rotatable bonds is 10. The van der Waals surface area contributed by atoms with Gasteiger partial charge in [-0.05, 0) is 147 Å². The summed E-state index contributed by atoms with van der Waals surface area (Å²) in [4.78, 5) is 43.6. The topological polar surface area (TPSA) is 174 Å². The highest BCUT2D eigenvalue weighted by Crippen LogP contribution is 2.46. The molecule has 4 fully saturated rings. The Morgan fingerprint density at radius 1 is 0.640 bits per heavy atom. The first-order valence-corrected chi connectivity index (χ1v) is 27.8. The molecule has 0 amide bonds. The predicted molar refractivity (Wildman–Crippen MR) is 298 cm³/mol. The Bertz CT molecular complexity index is 2580. The second kappa shape index (κ2) is 26.7. The van der Waals surface area contributed by atoms with E-state index in [1.54, 1.807) is 19.1 Å². The lowest BCUT2D eigenvalue weighted by molar-refractivity contribution is -0.148. The van der Waals surface area contributed by atoms with E-state index in [1.807, 2.05) is 48.2 Å². The van der Waals surface area contributed by atoms with E-state index < -0.39 is 5.97 Å². The maximum Gasteiger partial charge on any atom is 0.320 e. The van der Waals surface area contributed by atoms with Crippen molar-refractivity contribution >= 4 is 52.1 Å². The van der Waals surface area contributed by atoms with Gasteiger partial charge >= 0.3 is 17.9 Å². The number of nitrogens with zero attached hydrogens (tertiary/aromatic N) is 4. The van der Waals surface area contributed by atoms with E-state index in [2.05, 4.69) is 77.2 Å². The number of carboxylic acids is 1. The van der Waals surface area contributed by atoms with Crippen LogP contribution in [0.25, 0.3) is 0 Å². The Hall–Kier alpha value is -5.19. The number of alkyl halides is 1. The number of esters is 2. The van der Waals surface area contributed by atoms with Crippen molar-refractivity contribution in [1.29, 1.82) is 0 Å². The Labute approximate surface area is 457 Å². The fourth-order valence-corrected chi connectivity index (χ4v) is 12.4. The zero-order chi connectivity index (χ0) is 52.1. The van der Waals surface area contributed by atoms with Crippen molar-refractivity contribution in [1.82, 2.24) is 20.0 Å². The SMILES string of the molecule is C1CCC2=NCCCN2CC1.CCOC(=O)CBr.CCOC(=O)CN1CC2(Cc3ccc(O)cc3C2)C1.Cl.O=C(O)CN1CC2(Cc3ccc(OCc4ccccc4)cc3C2)C1.Oc1ccc2c(c1)CC1(CNC1)C2. The van der Waals surface area contributed by atoms with Gasteiger partial charge in [0.05, 0.1) is 32.1 Å². The van der Waals surface area contributed by atoms with Gasteiger partial charge in [-0.3, -0.25) is 29.2 Å². The number of aromatic hydroxyl groups is 2. The number of amidine groups is 1. The lowest BCUT2D eigenvalue weighted by Crippen LogP contribution is -2.58. The van der Waals surface area contributed by atoms with E-state index in [4.69, 9.17) is 14.6 Å². The molecule has 0 atom stereocenters. The van der Waals surface area contributed by atoms with E-state index in [0.717, 1.165) is 89.2 Å². The molecular formula is C59H77BrClN5O9. The molecule has 0 saturated carbocycles. The molecule has 0 bridgehead atoms. The highest BCUT2D eigenvalue weighted by Gasteiger charge is 2.48. The van der Waals surface area contributed by atoms with Crippen LogP contribution in [0.2, 0.25) is 0 Å². The number of hydrogen-bond acceptors (Lipinski definition) is 13. The summed E-state index contributed by atoms with van der Waals surface area (Å²) in [6.45, 7) is 15.2. The molecule has 5 aliphatic heterocycles. The Kier molecular flexibility index (Phi) is 20.5. The minimum absolute atomic E-state index is 0. The second-order valence-electron chi connectivity index (χ2n) is 21.7. The average molecular weight is 1120 g/mol. The van der Waals surface area contributed by atoms with Crippen LogP contribution in [0.4, 0.5) is 0 Å². The van der Waals surface area contributed by atoms with E-state index in [-0.39, 0.29) is 41.7 Å². The summed E-state index contributed by atoms with van der Waals surface area (Å²) in [6.07, 6.45) is 13.1. The van der Waals surface area contributed by atoms with Gasteiger partial charge in [0.15, 0.2) is 0 Å². The van der Waals surface area contributed by atoms with Crippen LogP contribution in [0, 0.1) is 16.2 Å². The fourth-order valence-electron chi connectivity index (χ4n) is 12.2. The summed E-state index contributed by atoms with van der Waals surface area (Å²) >= 11 is 2.94. The number of carbonyl (C=O) groups excluding carboxylic acids is 2. The van der Waals surface area contributed by atoms with Crippen LogP contribution in [-0.4, -0.2) is 144 Å². The maximum atomic E-state index is 11.4. The van der Waals surface area contributed by atoms with Gasteiger partial charge in [0.25, 0.3) is 0 Å². The number of ether oxygens (including phenoxy) is 3. The first kappa shape index (κ1) is 57.5. The summed E-state index contributed by atoms with van der Waals surface area (Å²) in [5.41, 5.74) is 10.3. The summed E-state index contributed by atoms with van der Waals surface area (Å²) < 4.78 is 15.4. The van der Waals surface area contributed by atoms with Gasteiger partial charge in [0.1, 0.15) is 29.2 Å². The number of aliphatic carboxylic acids is 1. The molecule has 3 spiro atoms. The van der Waals surface area contributed by atoms with Gasteiger partial charge in [0, 0.05) is 81.6 Å². The molecule has 12 rings (SSSR count).